The number of furan rings is 1. The minimum absolute atomic E-state index is 0.191. The van der Waals surface area contributed by atoms with E-state index in [-0.39, 0.29) is 5.91 Å². The number of benzene rings is 1. The number of carbonyl (C=O) groups is 2. The third kappa shape index (κ3) is 4.77. The number of likely N-dealkylation sites (N-methyl/N-ethyl adjacent to an activating group) is 1. The first-order chi connectivity index (χ1) is 12.1. The lowest BCUT2D eigenvalue weighted by atomic mass is 10.1. The minimum Gasteiger partial charge on any atom is -0.461 e. The van der Waals surface area contributed by atoms with Gasteiger partial charge in [0.25, 0.3) is 0 Å². The molecule has 6 nitrogen and oxygen atoms in total. The number of nitrogens with zero attached hydrogens (tertiary/aromatic N) is 1. The average molecular weight is 360 g/mol. The van der Waals surface area contributed by atoms with E-state index in [1.54, 1.807) is 39.6 Å². The first-order valence-electron chi connectivity index (χ1n) is 8.86. The Bertz CT molecular complexity index is 789. The number of hydrogen-bond donors (Lipinski definition) is 1. The van der Waals surface area contributed by atoms with Crippen LogP contribution in [0, 0.1) is 0 Å². The van der Waals surface area contributed by atoms with Crippen LogP contribution in [0.3, 0.4) is 0 Å². The molecule has 6 heteroatoms. The van der Waals surface area contributed by atoms with Crippen molar-refractivity contribution < 1.29 is 18.7 Å². The Hall–Kier alpha value is -2.50. The summed E-state index contributed by atoms with van der Waals surface area (Å²) in [5.41, 5.74) is 1.22. The van der Waals surface area contributed by atoms with Crippen LogP contribution in [-0.4, -0.2) is 35.6 Å². The summed E-state index contributed by atoms with van der Waals surface area (Å²) in [6, 6.07) is 7.12. The van der Waals surface area contributed by atoms with Gasteiger partial charge >= 0.3 is 6.09 Å². The van der Waals surface area contributed by atoms with Crippen LogP contribution in [0.15, 0.2) is 28.7 Å². The van der Waals surface area contributed by atoms with Gasteiger partial charge in [-0.05, 0) is 33.8 Å². The molecular weight excluding hydrogens is 332 g/mol. The van der Waals surface area contributed by atoms with Crippen molar-refractivity contribution in [1.82, 2.24) is 10.2 Å². The lowest BCUT2D eigenvalue weighted by Crippen LogP contribution is -2.46. The van der Waals surface area contributed by atoms with Gasteiger partial charge in [-0.2, -0.15) is 0 Å². The monoisotopic (exact) mass is 360 g/mol. The van der Waals surface area contributed by atoms with Gasteiger partial charge in [0.15, 0.2) is 0 Å². The Morgan fingerprint density at radius 2 is 1.92 bits per heavy atom. The summed E-state index contributed by atoms with van der Waals surface area (Å²) in [6.07, 6.45) is 0.146. The summed E-state index contributed by atoms with van der Waals surface area (Å²) >= 11 is 0. The minimum atomic E-state index is -0.682. The van der Waals surface area contributed by atoms with E-state index in [1.807, 2.05) is 31.2 Å². The molecule has 0 spiro atoms. The largest absolute Gasteiger partial charge is 0.461 e. The van der Waals surface area contributed by atoms with E-state index in [4.69, 9.17) is 9.15 Å². The zero-order chi connectivity index (χ0) is 19.5. The van der Waals surface area contributed by atoms with E-state index in [1.165, 1.54) is 0 Å². The van der Waals surface area contributed by atoms with Gasteiger partial charge in [0.05, 0.1) is 0 Å². The third-order valence-corrected chi connectivity index (χ3v) is 3.98. The molecule has 1 N–H and O–H groups in total. The highest BCUT2D eigenvalue weighted by molar-refractivity contribution is 5.86. The van der Waals surface area contributed by atoms with Crippen molar-refractivity contribution in [2.24, 2.45) is 0 Å². The maximum absolute atomic E-state index is 12.6. The maximum Gasteiger partial charge on any atom is 0.408 e. The molecule has 0 saturated heterocycles. The zero-order valence-electron chi connectivity index (χ0n) is 16.4. The Balaban J connectivity index is 2.08. The number of nitrogens with one attached hydrogen (secondary N) is 1. The fraction of sp³-hybridized carbons (Fsp3) is 0.500. The summed E-state index contributed by atoms with van der Waals surface area (Å²) in [5.74, 6) is 0.682. The fourth-order valence-electron chi connectivity index (χ4n) is 2.80. The quantitative estimate of drug-likeness (QED) is 0.879. The Morgan fingerprint density at radius 3 is 2.54 bits per heavy atom. The Kier molecular flexibility index (Phi) is 5.95. The predicted octanol–water partition coefficient (Wildman–Crippen LogP) is 3.87. The summed E-state index contributed by atoms with van der Waals surface area (Å²) in [6.45, 7) is 9.43. The second-order valence-corrected chi connectivity index (χ2v) is 7.42. The van der Waals surface area contributed by atoms with Gasteiger partial charge in [0, 0.05) is 31.0 Å². The van der Waals surface area contributed by atoms with Crippen molar-refractivity contribution >= 4 is 23.0 Å². The van der Waals surface area contributed by atoms with Crippen molar-refractivity contribution in [2.75, 3.05) is 7.05 Å². The second-order valence-electron chi connectivity index (χ2n) is 7.42. The van der Waals surface area contributed by atoms with E-state index in [9.17, 15) is 9.59 Å². The van der Waals surface area contributed by atoms with Crippen LogP contribution < -0.4 is 5.32 Å². The van der Waals surface area contributed by atoms with Crippen LogP contribution in [-0.2, 0) is 22.5 Å². The summed E-state index contributed by atoms with van der Waals surface area (Å²) < 4.78 is 11.1. The SMILES string of the molecule is CCc1oc2ccccc2c1CN(C)C(=O)C(C)NC(=O)OC(C)(C)C. The van der Waals surface area contributed by atoms with Crippen LogP contribution >= 0.6 is 0 Å². The normalized spacial score (nSPS) is 12.7. The van der Waals surface area contributed by atoms with Crippen molar-refractivity contribution in [1.29, 1.82) is 0 Å². The lowest BCUT2D eigenvalue weighted by molar-refractivity contribution is -0.132. The first-order valence-corrected chi connectivity index (χ1v) is 8.86. The summed E-state index contributed by atoms with van der Waals surface area (Å²) in [5, 5.41) is 3.60. The molecular formula is C20H28N2O4. The van der Waals surface area contributed by atoms with E-state index >= 15 is 0 Å². The predicted molar refractivity (Wildman–Crippen MR) is 101 cm³/mol. The van der Waals surface area contributed by atoms with Gasteiger partial charge in [0.2, 0.25) is 5.91 Å². The molecule has 0 aliphatic heterocycles. The number of carbonyl (C=O) groups excluding carboxylic acids is 2. The molecule has 26 heavy (non-hydrogen) atoms. The highest BCUT2D eigenvalue weighted by Crippen LogP contribution is 2.27. The smallest absolute Gasteiger partial charge is 0.408 e. The number of aryl methyl sites for hydroxylation is 1. The molecule has 1 atom stereocenters. The van der Waals surface area contributed by atoms with Crippen molar-refractivity contribution in [3.8, 4) is 0 Å². The molecule has 2 rings (SSSR count). The standard InChI is InChI=1S/C20H28N2O4/c1-7-16-15(14-10-8-9-11-17(14)25-16)12-22(6)18(23)13(2)21-19(24)26-20(3,4)5/h8-11,13H,7,12H2,1-6H3,(H,21,24). The summed E-state index contributed by atoms with van der Waals surface area (Å²) in [7, 11) is 1.72. The van der Waals surface area contributed by atoms with E-state index in [0.717, 1.165) is 28.7 Å². The Morgan fingerprint density at radius 1 is 1.27 bits per heavy atom. The van der Waals surface area contributed by atoms with Crippen molar-refractivity contribution in [3.63, 3.8) is 0 Å². The molecule has 0 saturated carbocycles. The van der Waals surface area contributed by atoms with Gasteiger partial charge in [-0.1, -0.05) is 25.1 Å². The van der Waals surface area contributed by atoms with Crippen LogP contribution in [0.5, 0.6) is 0 Å². The molecule has 2 amide bonds. The Labute approximate surface area is 154 Å². The number of ether oxygens (including phenoxy) is 1. The van der Waals surface area contributed by atoms with Gasteiger partial charge < -0.3 is 19.4 Å². The second kappa shape index (κ2) is 7.81. The van der Waals surface area contributed by atoms with Crippen molar-refractivity contribution in [3.05, 3.63) is 35.6 Å². The van der Waals surface area contributed by atoms with Crippen LogP contribution in [0.25, 0.3) is 11.0 Å². The van der Waals surface area contributed by atoms with E-state index in [0.29, 0.717) is 6.54 Å². The topological polar surface area (TPSA) is 71.8 Å². The maximum atomic E-state index is 12.6. The van der Waals surface area contributed by atoms with Crippen molar-refractivity contribution in [2.45, 2.75) is 59.2 Å². The molecule has 1 aromatic heterocycles. The number of rotatable bonds is 5. The van der Waals surface area contributed by atoms with Gasteiger partial charge in [-0.25, -0.2) is 4.79 Å². The summed E-state index contributed by atoms with van der Waals surface area (Å²) in [4.78, 5) is 26.1. The highest BCUT2D eigenvalue weighted by Gasteiger charge is 2.24. The number of alkyl carbamates (subject to hydrolysis) is 1. The molecule has 2 aromatic rings. The van der Waals surface area contributed by atoms with Crippen LogP contribution in [0.4, 0.5) is 4.79 Å². The van der Waals surface area contributed by atoms with Gasteiger partial charge in [-0.15, -0.1) is 0 Å². The lowest BCUT2D eigenvalue weighted by Gasteiger charge is -2.24. The van der Waals surface area contributed by atoms with E-state index < -0.39 is 17.7 Å². The third-order valence-electron chi connectivity index (χ3n) is 3.98. The molecule has 142 valence electrons. The first kappa shape index (κ1) is 19.8. The molecule has 0 aliphatic carbocycles. The zero-order valence-corrected chi connectivity index (χ0v) is 16.4. The number of para-hydroxylation sites is 1. The van der Waals surface area contributed by atoms with Gasteiger partial charge in [0.1, 0.15) is 23.0 Å². The number of fused-ring (bicyclic) bond motifs is 1. The highest BCUT2D eigenvalue weighted by atomic mass is 16.6. The molecule has 1 unspecified atom stereocenters. The number of hydrogen-bond acceptors (Lipinski definition) is 4. The molecule has 0 fully saturated rings. The average Bonchev–Trinajstić information content (AvgIpc) is 2.90. The molecule has 0 radical (unpaired) electrons. The molecule has 1 aromatic carbocycles. The number of amides is 2. The molecule has 0 bridgehead atoms. The van der Waals surface area contributed by atoms with Crippen LogP contribution in [0.1, 0.15) is 45.9 Å². The fourth-order valence-corrected chi connectivity index (χ4v) is 2.80. The molecule has 1 heterocycles. The van der Waals surface area contributed by atoms with E-state index in [2.05, 4.69) is 5.32 Å². The molecule has 0 aliphatic rings. The van der Waals surface area contributed by atoms with Gasteiger partial charge in [-0.3, -0.25) is 4.79 Å². The van der Waals surface area contributed by atoms with Crippen LogP contribution in [0.2, 0.25) is 0 Å².